The molecule has 0 aliphatic carbocycles. The molecule has 4 nitrogen and oxygen atoms in total. The Kier molecular flexibility index (Phi) is 21.4. The van der Waals surface area contributed by atoms with Crippen molar-refractivity contribution in [3.8, 4) is 0 Å². The minimum absolute atomic E-state index is 0.177. The molecular formula is C24H48N2O2. The first-order chi connectivity index (χ1) is 13.7. The van der Waals surface area contributed by atoms with Gasteiger partial charge in [-0.25, -0.2) is 0 Å². The molecule has 0 spiro atoms. The fourth-order valence-electron chi connectivity index (χ4n) is 3.37. The van der Waals surface area contributed by atoms with Crippen molar-refractivity contribution < 1.29 is 9.59 Å². The maximum absolute atomic E-state index is 11.8. The molecule has 0 aromatic carbocycles. The molecule has 0 radical (unpaired) electrons. The fourth-order valence-corrected chi connectivity index (χ4v) is 3.37. The SMILES string of the molecule is CCCCCCCCCC(=O)NCCCCNC(=O)CCCCCCCCC. The Morgan fingerprint density at radius 2 is 0.786 bits per heavy atom. The minimum atomic E-state index is 0.177. The summed E-state index contributed by atoms with van der Waals surface area (Å²) in [6, 6.07) is 0. The zero-order chi connectivity index (χ0) is 20.7. The monoisotopic (exact) mass is 396 g/mol. The van der Waals surface area contributed by atoms with Gasteiger partial charge in [-0.3, -0.25) is 9.59 Å². The van der Waals surface area contributed by atoms with Gasteiger partial charge in [0.15, 0.2) is 0 Å². The summed E-state index contributed by atoms with van der Waals surface area (Å²) in [5.41, 5.74) is 0. The van der Waals surface area contributed by atoms with E-state index in [4.69, 9.17) is 0 Å². The lowest BCUT2D eigenvalue weighted by atomic mass is 10.1. The Balaban J connectivity index is 3.28. The Morgan fingerprint density at radius 3 is 1.14 bits per heavy atom. The highest BCUT2D eigenvalue weighted by Gasteiger charge is 2.02. The van der Waals surface area contributed by atoms with Crippen LogP contribution in [0.15, 0.2) is 0 Å². The Hall–Kier alpha value is -1.06. The molecule has 4 heteroatoms. The van der Waals surface area contributed by atoms with Gasteiger partial charge in [0.1, 0.15) is 0 Å². The van der Waals surface area contributed by atoms with Gasteiger partial charge in [0.05, 0.1) is 0 Å². The third kappa shape index (κ3) is 21.2. The van der Waals surface area contributed by atoms with Gasteiger partial charge in [-0.05, 0) is 25.7 Å². The summed E-state index contributed by atoms with van der Waals surface area (Å²) in [5.74, 6) is 0.355. The van der Waals surface area contributed by atoms with E-state index in [-0.39, 0.29) is 11.8 Å². The van der Waals surface area contributed by atoms with Gasteiger partial charge in [-0.15, -0.1) is 0 Å². The summed E-state index contributed by atoms with van der Waals surface area (Å²) in [6.07, 6.45) is 20.5. The van der Waals surface area contributed by atoms with Crippen LogP contribution < -0.4 is 10.6 Å². The number of carbonyl (C=O) groups excluding carboxylic acids is 2. The molecule has 0 atom stereocenters. The van der Waals surface area contributed by atoms with Crippen molar-refractivity contribution >= 4 is 11.8 Å². The highest BCUT2D eigenvalue weighted by atomic mass is 16.2. The van der Waals surface area contributed by atoms with E-state index in [9.17, 15) is 9.59 Å². The third-order valence-electron chi connectivity index (χ3n) is 5.26. The van der Waals surface area contributed by atoms with E-state index in [1.54, 1.807) is 0 Å². The summed E-state index contributed by atoms with van der Waals surface area (Å²) in [4.78, 5) is 23.5. The van der Waals surface area contributed by atoms with E-state index in [0.29, 0.717) is 12.8 Å². The molecule has 0 aliphatic heterocycles. The van der Waals surface area contributed by atoms with Crippen LogP contribution in [0, 0.1) is 0 Å². The number of hydrogen-bond donors (Lipinski definition) is 2. The number of hydrogen-bond acceptors (Lipinski definition) is 2. The molecular weight excluding hydrogens is 348 g/mol. The lowest BCUT2D eigenvalue weighted by Gasteiger charge is -2.07. The van der Waals surface area contributed by atoms with Crippen LogP contribution in [-0.4, -0.2) is 24.9 Å². The van der Waals surface area contributed by atoms with Crippen molar-refractivity contribution in [1.29, 1.82) is 0 Å². The summed E-state index contributed by atoms with van der Waals surface area (Å²) in [7, 11) is 0. The standard InChI is InChI=1S/C24H48N2O2/c1-3-5-7-9-11-13-15-19-23(27)25-21-17-18-22-26-24(28)20-16-14-12-10-8-6-4-2/h3-22H2,1-2H3,(H,25,27)(H,26,28). The number of rotatable bonds is 21. The molecule has 0 saturated carbocycles. The lowest BCUT2D eigenvalue weighted by molar-refractivity contribution is -0.122. The van der Waals surface area contributed by atoms with Crippen LogP contribution in [0.1, 0.15) is 129 Å². The van der Waals surface area contributed by atoms with Gasteiger partial charge < -0.3 is 10.6 Å². The molecule has 28 heavy (non-hydrogen) atoms. The van der Waals surface area contributed by atoms with Crippen LogP contribution in [-0.2, 0) is 9.59 Å². The first kappa shape index (κ1) is 26.9. The van der Waals surface area contributed by atoms with Crippen LogP contribution in [0.4, 0.5) is 0 Å². The maximum atomic E-state index is 11.8. The third-order valence-corrected chi connectivity index (χ3v) is 5.26. The highest BCUT2D eigenvalue weighted by molar-refractivity contribution is 5.76. The molecule has 0 aliphatic rings. The van der Waals surface area contributed by atoms with Gasteiger partial charge >= 0.3 is 0 Å². The van der Waals surface area contributed by atoms with Gasteiger partial charge in [-0.2, -0.15) is 0 Å². The zero-order valence-corrected chi connectivity index (χ0v) is 19.0. The average molecular weight is 397 g/mol. The maximum Gasteiger partial charge on any atom is 0.219 e. The van der Waals surface area contributed by atoms with E-state index in [1.807, 2.05) is 0 Å². The van der Waals surface area contributed by atoms with Gasteiger partial charge in [0.25, 0.3) is 0 Å². The van der Waals surface area contributed by atoms with Crippen LogP contribution >= 0.6 is 0 Å². The molecule has 166 valence electrons. The van der Waals surface area contributed by atoms with Gasteiger partial charge in [-0.1, -0.05) is 90.9 Å². The molecule has 0 unspecified atom stereocenters. The van der Waals surface area contributed by atoms with Crippen LogP contribution in [0.5, 0.6) is 0 Å². The Bertz CT molecular complexity index is 325. The van der Waals surface area contributed by atoms with Crippen molar-refractivity contribution in [3.63, 3.8) is 0 Å². The Morgan fingerprint density at radius 1 is 0.464 bits per heavy atom. The molecule has 2 N–H and O–H groups in total. The number of unbranched alkanes of at least 4 members (excludes halogenated alkanes) is 13. The predicted molar refractivity (Wildman–Crippen MR) is 120 cm³/mol. The van der Waals surface area contributed by atoms with Gasteiger partial charge in [0, 0.05) is 25.9 Å². The Labute approximate surface area is 175 Å². The van der Waals surface area contributed by atoms with E-state index in [0.717, 1.165) is 38.8 Å². The topological polar surface area (TPSA) is 58.2 Å². The first-order valence-electron chi connectivity index (χ1n) is 12.2. The molecule has 0 bridgehead atoms. The highest BCUT2D eigenvalue weighted by Crippen LogP contribution is 2.09. The van der Waals surface area contributed by atoms with Crippen LogP contribution in [0.3, 0.4) is 0 Å². The second kappa shape index (κ2) is 22.2. The number of nitrogens with one attached hydrogen (secondary N) is 2. The zero-order valence-electron chi connectivity index (χ0n) is 19.0. The summed E-state index contributed by atoms with van der Waals surface area (Å²) < 4.78 is 0. The average Bonchev–Trinajstić information content (AvgIpc) is 2.69. The number of amides is 2. The second-order valence-corrected chi connectivity index (χ2v) is 8.15. The molecule has 0 fully saturated rings. The molecule has 0 heterocycles. The van der Waals surface area contributed by atoms with E-state index in [2.05, 4.69) is 24.5 Å². The first-order valence-corrected chi connectivity index (χ1v) is 12.2. The van der Waals surface area contributed by atoms with Crippen molar-refractivity contribution in [3.05, 3.63) is 0 Å². The summed E-state index contributed by atoms with van der Waals surface area (Å²) in [6.45, 7) is 5.91. The minimum Gasteiger partial charge on any atom is -0.356 e. The van der Waals surface area contributed by atoms with E-state index < -0.39 is 0 Å². The van der Waals surface area contributed by atoms with Crippen molar-refractivity contribution in [1.82, 2.24) is 10.6 Å². The summed E-state index contributed by atoms with van der Waals surface area (Å²) >= 11 is 0. The molecule has 0 saturated heterocycles. The predicted octanol–water partition coefficient (Wildman–Crippen LogP) is 6.28. The lowest BCUT2D eigenvalue weighted by Crippen LogP contribution is -2.27. The van der Waals surface area contributed by atoms with E-state index >= 15 is 0 Å². The molecule has 0 aromatic heterocycles. The molecule has 2 amide bonds. The van der Waals surface area contributed by atoms with Crippen LogP contribution in [0.2, 0.25) is 0 Å². The molecule has 0 rings (SSSR count). The quantitative estimate of drug-likeness (QED) is 0.224. The van der Waals surface area contributed by atoms with E-state index in [1.165, 1.54) is 77.0 Å². The van der Waals surface area contributed by atoms with Crippen molar-refractivity contribution in [2.24, 2.45) is 0 Å². The van der Waals surface area contributed by atoms with Crippen molar-refractivity contribution in [2.45, 2.75) is 129 Å². The van der Waals surface area contributed by atoms with Crippen molar-refractivity contribution in [2.75, 3.05) is 13.1 Å². The smallest absolute Gasteiger partial charge is 0.219 e. The second-order valence-electron chi connectivity index (χ2n) is 8.15. The summed E-state index contributed by atoms with van der Waals surface area (Å²) in [5, 5.41) is 5.99. The normalized spacial score (nSPS) is 10.8. The van der Waals surface area contributed by atoms with Gasteiger partial charge in [0.2, 0.25) is 11.8 Å². The fraction of sp³-hybridized carbons (Fsp3) is 0.917. The number of carbonyl (C=O) groups is 2. The van der Waals surface area contributed by atoms with Crippen LogP contribution in [0.25, 0.3) is 0 Å². The molecule has 0 aromatic rings. The largest absolute Gasteiger partial charge is 0.356 e.